The van der Waals surface area contributed by atoms with Gasteiger partial charge in [0.1, 0.15) is 6.10 Å². The molecule has 0 spiro atoms. The molecule has 0 amide bonds. The van der Waals surface area contributed by atoms with Crippen molar-refractivity contribution in [3.8, 4) is 0 Å². The molecule has 4 nitrogen and oxygen atoms in total. The molecule has 342 valence electrons. The first kappa shape index (κ1) is 56.8. The molecule has 59 heavy (non-hydrogen) atoms. The van der Waals surface area contributed by atoms with E-state index in [2.05, 4.69) is 86.8 Å². The van der Waals surface area contributed by atoms with Crippen LogP contribution in [0.2, 0.25) is 0 Å². The smallest absolute Gasteiger partial charge is 0.306 e. The Morgan fingerprint density at radius 2 is 0.763 bits per heavy atom. The molecule has 0 saturated carbocycles. The van der Waals surface area contributed by atoms with Crippen LogP contribution in [-0.2, 0) is 14.3 Å². The van der Waals surface area contributed by atoms with Crippen molar-refractivity contribution >= 4 is 5.97 Å². The summed E-state index contributed by atoms with van der Waals surface area (Å²) in [4.78, 5) is 12.3. The number of carbonyl (C=O) groups is 1. The Morgan fingerprint density at radius 1 is 0.424 bits per heavy atom. The van der Waals surface area contributed by atoms with Crippen molar-refractivity contribution in [2.45, 2.75) is 251 Å². The van der Waals surface area contributed by atoms with E-state index in [0.29, 0.717) is 19.6 Å². The zero-order valence-electron chi connectivity index (χ0n) is 39.3. The van der Waals surface area contributed by atoms with E-state index in [1.165, 1.54) is 173 Å². The lowest BCUT2D eigenvalue weighted by molar-refractivity contribution is -0.154. The Balaban J connectivity index is 3.43. The Morgan fingerprint density at radius 3 is 1.15 bits per heavy atom. The van der Waals surface area contributed by atoms with Crippen LogP contribution in [0.4, 0.5) is 0 Å². The van der Waals surface area contributed by atoms with Gasteiger partial charge in [-0.15, -0.1) is 0 Å². The predicted molar refractivity (Wildman–Crippen MR) is 260 cm³/mol. The highest BCUT2D eigenvalue weighted by molar-refractivity contribution is 5.69. The molecule has 1 atom stereocenters. The molecular formula is C55H98O4. The van der Waals surface area contributed by atoms with Crippen LogP contribution in [0.5, 0.6) is 0 Å². The zero-order valence-corrected chi connectivity index (χ0v) is 39.3. The van der Waals surface area contributed by atoms with Gasteiger partial charge in [-0.05, 0) is 83.5 Å². The number of rotatable bonds is 47. The summed E-state index contributed by atoms with van der Waals surface area (Å²) in [6.45, 7) is 5.23. The number of aliphatic hydroxyl groups excluding tert-OH is 1. The summed E-state index contributed by atoms with van der Waals surface area (Å²) < 4.78 is 11.2. The lowest BCUT2D eigenvalue weighted by Gasteiger charge is -2.16. The van der Waals surface area contributed by atoms with E-state index in [1.54, 1.807) is 0 Å². The fourth-order valence-electron chi connectivity index (χ4n) is 7.23. The molecule has 0 aromatic rings. The molecule has 1 unspecified atom stereocenters. The van der Waals surface area contributed by atoms with Crippen molar-refractivity contribution in [1.29, 1.82) is 0 Å². The van der Waals surface area contributed by atoms with E-state index in [0.717, 1.165) is 51.4 Å². The highest BCUT2D eigenvalue weighted by atomic mass is 16.6. The molecular weight excluding hydrogens is 725 g/mol. The molecule has 4 heteroatoms. The third-order valence-electron chi connectivity index (χ3n) is 11.0. The lowest BCUT2D eigenvalue weighted by Crippen LogP contribution is -2.27. The predicted octanol–water partition coefficient (Wildman–Crippen LogP) is 17.3. The van der Waals surface area contributed by atoms with Crippen LogP contribution in [0.25, 0.3) is 0 Å². The third kappa shape index (κ3) is 50.1. The summed E-state index contributed by atoms with van der Waals surface area (Å²) in [5.41, 5.74) is 0. The van der Waals surface area contributed by atoms with E-state index in [-0.39, 0.29) is 12.6 Å². The van der Waals surface area contributed by atoms with Crippen LogP contribution >= 0.6 is 0 Å². The fraction of sp³-hybridized carbons (Fsp3) is 0.764. The van der Waals surface area contributed by atoms with E-state index in [1.807, 2.05) is 0 Å². The number of hydrogen-bond acceptors (Lipinski definition) is 4. The monoisotopic (exact) mass is 823 g/mol. The number of ether oxygens (including phenoxy) is 2. The van der Waals surface area contributed by atoms with Gasteiger partial charge in [-0.25, -0.2) is 0 Å². The average molecular weight is 823 g/mol. The number of carbonyl (C=O) groups excluding carboxylic acids is 1. The Labute approximate surface area is 367 Å². The number of allylic oxidation sites excluding steroid dienone is 12. The zero-order chi connectivity index (χ0) is 42.6. The molecule has 1 N–H and O–H groups in total. The molecule has 0 aliphatic heterocycles. The third-order valence-corrected chi connectivity index (χ3v) is 11.0. The normalized spacial score (nSPS) is 12.9. The Hall–Kier alpha value is -2.17. The minimum absolute atomic E-state index is 0.176. The summed E-state index contributed by atoms with van der Waals surface area (Å²) >= 11 is 0. The van der Waals surface area contributed by atoms with Crippen molar-refractivity contribution in [2.75, 3.05) is 19.8 Å². The van der Waals surface area contributed by atoms with Crippen LogP contribution in [0.1, 0.15) is 245 Å². The van der Waals surface area contributed by atoms with Crippen LogP contribution in [0, 0.1) is 0 Å². The van der Waals surface area contributed by atoms with E-state index in [9.17, 15) is 9.90 Å². The van der Waals surface area contributed by atoms with Crippen LogP contribution in [0.3, 0.4) is 0 Å². The Kier molecular flexibility index (Phi) is 50.1. The highest BCUT2D eigenvalue weighted by Crippen LogP contribution is 2.15. The van der Waals surface area contributed by atoms with E-state index >= 15 is 0 Å². The maximum atomic E-state index is 12.3. The van der Waals surface area contributed by atoms with Crippen LogP contribution < -0.4 is 0 Å². The summed E-state index contributed by atoms with van der Waals surface area (Å²) in [7, 11) is 0. The van der Waals surface area contributed by atoms with Gasteiger partial charge in [-0.1, -0.05) is 228 Å². The van der Waals surface area contributed by atoms with Crippen molar-refractivity contribution in [1.82, 2.24) is 0 Å². The van der Waals surface area contributed by atoms with E-state index in [4.69, 9.17) is 9.47 Å². The maximum absolute atomic E-state index is 12.3. The molecule has 0 rings (SSSR count). The summed E-state index contributed by atoms with van der Waals surface area (Å²) in [6.07, 6.45) is 71.3. The van der Waals surface area contributed by atoms with Crippen molar-refractivity contribution in [3.63, 3.8) is 0 Å². The fourth-order valence-corrected chi connectivity index (χ4v) is 7.23. The average Bonchev–Trinajstić information content (AvgIpc) is 3.24. The molecule has 0 radical (unpaired) electrons. The van der Waals surface area contributed by atoms with Gasteiger partial charge in [0.25, 0.3) is 0 Å². The van der Waals surface area contributed by atoms with Crippen molar-refractivity contribution in [3.05, 3.63) is 72.9 Å². The van der Waals surface area contributed by atoms with Gasteiger partial charge in [-0.3, -0.25) is 4.79 Å². The van der Waals surface area contributed by atoms with Gasteiger partial charge in [-0.2, -0.15) is 0 Å². The standard InChI is InChI=1S/C55H98O4/c1-3-5-7-9-11-13-15-17-19-21-23-25-27-29-31-33-35-37-39-41-43-45-47-49-51-58-53-54(52-56)59-55(57)50-48-46-44-42-40-38-36-34-32-30-28-26-24-22-20-18-16-14-12-10-8-6-4-2/h6,8,12,14-15,17-18,20-21,23-24,26,54,56H,3-5,7,9-11,13,16,19,22,25,27-53H2,1-2H3/b8-6-,14-12-,17-15-,20-18-,23-21-,26-24-. The minimum Gasteiger partial charge on any atom is -0.457 e. The quantitative estimate of drug-likeness (QED) is 0.0377. The largest absolute Gasteiger partial charge is 0.457 e. The van der Waals surface area contributed by atoms with Gasteiger partial charge in [0.2, 0.25) is 0 Å². The second-order valence-electron chi connectivity index (χ2n) is 16.9. The molecule has 0 aliphatic carbocycles. The molecule has 0 fully saturated rings. The first-order chi connectivity index (χ1) is 29.2. The van der Waals surface area contributed by atoms with Gasteiger partial charge >= 0.3 is 5.97 Å². The number of aliphatic hydroxyl groups is 1. The van der Waals surface area contributed by atoms with E-state index < -0.39 is 6.10 Å². The van der Waals surface area contributed by atoms with Crippen molar-refractivity contribution in [2.24, 2.45) is 0 Å². The second-order valence-corrected chi connectivity index (χ2v) is 16.9. The lowest BCUT2D eigenvalue weighted by atomic mass is 10.0. The van der Waals surface area contributed by atoms with Crippen LogP contribution in [0.15, 0.2) is 72.9 Å². The second kappa shape index (κ2) is 52.0. The first-order valence-corrected chi connectivity index (χ1v) is 25.5. The van der Waals surface area contributed by atoms with Gasteiger partial charge in [0.15, 0.2) is 0 Å². The summed E-state index contributed by atoms with van der Waals surface area (Å²) in [5.74, 6) is -0.205. The summed E-state index contributed by atoms with van der Waals surface area (Å²) in [6, 6.07) is 0. The van der Waals surface area contributed by atoms with Gasteiger partial charge < -0.3 is 14.6 Å². The molecule has 0 aliphatic rings. The van der Waals surface area contributed by atoms with Gasteiger partial charge in [0, 0.05) is 13.0 Å². The molecule has 0 aromatic heterocycles. The molecule has 0 bridgehead atoms. The highest BCUT2D eigenvalue weighted by Gasteiger charge is 2.13. The first-order valence-electron chi connectivity index (χ1n) is 25.5. The van der Waals surface area contributed by atoms with Crippen molar-refractivity contribution < 1.29 is 19.4 Å². The topological polar surface area (TPSA) is 55.8 Å². The number of hydrogen-bond donors (Lipinski definition) is 1. The molecule has 0 heterocycles. The SMILES string of the molecule is CC/C=C\C/C=C\C/C=C\C/C=C\CCCCCCCCCCCCC(=O)OC(CO)COCCCCCCCCCCCCCC/C=C\C/C=C\CCCCCCC. The summed E-state index contributed by atoms with van der Waals surface area (Å²) in [5, 5.41) is 9.65. The molecule has 0 aromatic carbocycles. The Bertz CT molecular complexity index is 1000. The van der Waals surface area contributed by atoms with Gasteiger partial charge in [0.05, 0.1) is 13.2 Å². The number of unbranched alkanes of at least 4 members (excludes halogenated alkanes) is 27. The molecule has 0 saturated heterocycles. The van der Waals surface area contributed by atoms with Crippen LogP contribution in [-0.4, -0.2) is 37.0 Å². The minimum atomic E-state index is -0.541. The number of esters is 1. The maximum Gasteiger partial charge on any atom is 0.306 e.